The number of hydrogen-bond donors (Lipinski definition) is 2. The number of allylic oxidation sites excluding steroid dienone is 1. The lowest BCUT2D eigenvalue weighted by Crippen LogP contribution is -2.40. The number of amides is 1. The molecule has 1 rings (SSSR count). The second-order valence-corrected chi connectivity index (χ2v) is 7.41. The molecule has 0 heterocycles. The monoisotopic (exact) mass is 370 g/mol. The average Bonchev–Trinajstić information content (AvgIpc) is 2.56. The minimum Gasteiger partial charge on any atom is -0.480 e. The van der Waals surface area contributed by atoms with E-state index in [1.165, 1.54) is 20.2 Å². The van der Waals surface area contributed by atoms with Gasteiger partial charge in [-0.25, -0.2) is 22.3 Å². The van der Waals surface area contributed by atoms with Crippen molar-refractivity contribution in [3.63, 3.8) is 0 Å². The molecule has 1 aromatic carbocycles. The van der Waals surface area contributed by atoms with Crippen molar-refractivity contribution in [3.05, 3.63) is 47.4 Å². The van der Waals surface area contributed by atoms with Gasteiger partial charge >= 0.3 is 12.1 Å². The molecule has 138 valence electrons. The zero-order chi connectivity index (χ0) is 18.9. The first-order valence-electron chi connectivity index (χ1n) is 7.51. The van der Waals surface area contributed by atoms with Gasteiger partial charge in [-0.1, -0.05) is 36.4 Å². The average molecular weight is 370 g/mol. The van der Waals surface area contributed by atoms with Crippen LogP contribution in [0.2, 0.25) is 0 Å². The Labute approximate surface area is 147 Å². The Morgan fingerprint density at radius 1 is 1.28 bits per heavy atom. The van der Waals surface area contributed by atoms with E-state index in [2.05, 4.69) is 5.32 Å². The molecule has 9 heteroatoms. The van der Waals surface area contributed by atoms with Crippen molar-refractivity contribution >= 4 is 22.1 Å². The van der Waals surface area contributed by atoms with Crippen LogP contribution in [0.4, 0.5) is 4.79 Å². The molecule has 0 fully saturated rings. The number of rotatable bonds is 9. The van der Waals surface area contributed by atoms with Gasteiger partial charge in [-0.05, 0) is 18.4 Å². The SMILES string of the molecule is CN(C)S(=O)(=O)C=CCC[C@H](NC(=O)OCc1ccccc1)C(=O)O. The van der Waals surface area contributed by atoms with E-state index in [0.29, 0.717) is 0 Å². The fourth-order valence-corrected chi connectivity index (χ4v) is 2.36. The molecule has 0 unspecified atom stereocenters. The first-order valence-corrected chi connectivity index (χ1v) is 9.02. The van der Waals surface area contributed by atoms with E-state index in [4.69, 9.17) is 9.84 Å². The summed E-state index contributed by atoms with van der Waals surface area (Å²) in [7, 11) is -0.700. The number of ether oxygens (including phenoxy) is 1. The van der Waals surface area contributed by atoms with Crippen LogP contribution in [0, 0.1) is 0 Å². The third-order valence-electron chi connectivity index (χ3n) is 3.20. The molecular weight excluding hydrogens is 348 g/mol. The number of aliphatic carboxylic acids is 1. The number of nitrogens with zero attached hydrogens (tertiary/aromatic N) is 1. The van der Waals surface area contributed by atoms with E-state index >= 15 is 0 Å². The maximum absolute atomic E-state index is 11.7. The van der Waals surface area contributed by atoms with E-state index in [0.717, 1.165) is 15.3 Å². The van der Waals surface area contributed by atoms with Crippen molar-refractivity contribution in [2.75, 3.05) is 14.1 Å². The minimum absolute atomic E-state index is 0.0278. The normalized spacial score (nSPS) is 12.9. The first-order chi connectivity index (χ1) is 11.7. The maximum atomic E-state index is 11.7. The molecule has 0 radical (unpaired) electrons. The summed E-state index contributed by atoms with van der Waals surface area (Å²) in [5.41, 5.74) is 0.779. The van der Waals surface area contributed by atoms with E-state index in [-0.39, 0.29) is 19.4 Å². The van der Waals surface area contributed by atoms with E-state index in [9.17, 15) is 18.0 Å². The molecule has 0 saturated carbocycles. The molecule has 0 spiro atoms. The summed E-state index contributed by atoms with van der Waals surface area (Å²) < 4.78 is 29.1. The summed E-state index contributed by atoms with van der Waals surface area (Å²) in [6, 6.07) is 7.80. The Balaban J connectivity index is 2.47. The summed E-state index contributed by atoms with van der Waals surface area (Å²) in [6.07, 6.45) is 0.710. The van der Waals surface area contributed by atoms with Crippen molar-refractivity contribution in [3.8, 4) is 0 Å². The molecule has 0 aliphatic carbocycles. The lowest BCUT2D eigenvalue weighted by atomic mass is 10.1. The fourth-order valence-electron chi connectivity index (χ4n) is 1.74. The number of nitrogens with one attached hydrogen (secondary N) is 1. The molecular formula is C16H22N2O6S. The smallest absolute Gasteiger partial charge is 0.408 e. The standard InChI is InChI=1S/C16H22N2O6S/c1-18(2)25(22,23)11-7-6-10-14(15(19)20)17-16(21)24-12-13-8-4-3-5-9-13/h3-5,7-9,11,14H,6,10,12H2,1-2H3,(H,17,21)(H,19,20)/t14-/m0/s1. The van der Waals surface area contributed by atoms with Crippen LogP contribution in [0.3, 0.4) is 0 Å². The molecule has 2 N–H and O–H groups in total. The van der Waals surface area contributed by atoms with Gasteiger partial charge in [-0.2, -0.15) is 0 Å². The highest BCUT2D eigenvalue weighted by atomic mass is 32.2. The molecule has 1 atom stereocenters. The number of carbonyl (C=O) groups excluding carboxylic acids is 1. The Morgan fingerprint density at radius 2 is 1.92 bits per heavy atom. The van der Waals surface area contributed by atoms with Crippen molar-refractivity contribution < 1.29 is 27.9 Å². The highest BCUT2D eigenvalue weighted by molar-refractivity contribution is 7.91. The molecule has 1 aromatic rings. The number of carbonyl (C=O) groups is 2. The molecule has 25 heavy (non-hydrogen) atoms. The van der Waals surface area contributed by atoms with E-state index < -0.39 is 28.1 Å². The first kappa shape index (κ1) is 20.7. The molecule has 0 aliphatic rings. The van der Waals surface area contributed by atoms with Crippen LogP contribution in [-0.2, 0) is 26.2 Å². The predicted molar refractivity (Wildman–Crippen MR) is 92.2 cm³/mol. The van der Waals surface area contributed by atoms with Gasteiger partial charge in [0.1, 0.15) is 12.6 Å². The Kier molecular flexibility index (Phi) is 8.09. The van der Waals surface area contributed by atoms with Gasteiger partial charge in [-0.3, -0.25) is 0 Å². The lowest BCUT2D eigenvalue weighted by molar-refractivity contribution is -0.139. The zero-order valence-electron chi connectivity index (χ0n) is 14.1. The van der Waals surface area contributed by atoms with Gasteiger partial charge in [0, 0.05) is 19.5 Å². The molecule has 1 amide bonds. The summed E-state index contributed by atoms with van der Waals surface area (Å²) >= 11 is 0. The third-order valence-corrected chi connectivity index (χ3v) is 4.76. The van der Waals surface area contributed by atoms with Crippen LogP contribution < -0.4 is 5.32 Å². The fraction of sp³-hybridized carbons (Fsp3) is 0.375. The van der Waals surface area contributed by atoms with Gasteiger partial charge < -0.3 is 15.2 Å². The number of carboxylic acid groups (broad SMARTS) is 1. The number of sulfonamides is 1. The highest BCUT2D eigenvalue weighted by Crippen LogP contribution is 2.05. The predicted octanol–water partition coefficient (Wildman–Crippen LogP) is 1.55. The maximum Gasteiger partial charge on any atom is 0.408 e. The lowest BCUT2D eigenvalue weighted by Gasteiger charge is -2.14. The summed E-state index contributed by atoms with van der Waals surface area (Å²) in [6.45, 7) is 0.0278. The number of carboxylic acids is 1. The summed E-state index contributed by atoms with van der Waals surface area (Å²) in [4.78, 5) is 22.9. The highest BCUT2D eigenvalue weighted by Gasteiger charge is 2.20. The van der Waals surface area contributed by atoms with Crippen LogP contribution in [-0.4, -0.2) is 50.0 Å². The quantitative estimate of drug-likeness (QED) is 0.682. The van der Waals surface area contributed by atoms with Crippen molar-refractivity contribution in [1.82, 2.24) is 9.62 Å². The largest absolute Gasteiger partial charge is 0.480 e. The number of benzene rings is 1. The van der Waals surface area contributed by atoms with Crippen LogP contribution >= 0.6 is 0 Å². The topological polar surface area (TPSA) is 113 Å². The molecule has 0 aliphatic heterocycles. The molecule has 0 bridgehead atoms. The molecule has 0 aromatic heterocycles. The van der Waals surface area contributed by atoms with E-state index in [1.54, 1.807) is 24.3 Å². The summed E-state index contributed by atoms with van der Waals surface area (Å²) in [5, 5.41) is 12.4. The third kappa shape index (κ3) is 7.81. The van der Waals surface area contributed by atoms with Gasteiger partial charge in [-0.15, -0.1) is 0 Å². The van der Waals surface area contributed by atoms with Gasteiger partial charge in [0.15, 0.2) is 0 Å². The number of alkyl carbamates (subject to hydrolysis) is 1. The van der Waals surface area contributed by atoms with Gasteiger partial charge in [0.05, 0.1) is 0 Å². The van der Waals surface area contributed by atoms with Crippen LogP contribution in [0.5, 0.6) is 0 Å². The van der Waals surface area contributed by atoms with Crippen molar-refractivity contribution in [1.29, 1.82) is 0 Å². The van der Waals surface area contributed by atoms with Gasteiger partial charge in [0.25, 0.3) is 0 Å². The van der Waals surface area contributed by atoms with Crippen LogP contribution in [0.25, 0.3) is 0 Å². The molecule has 0 saturated heterocycles. The Morgan fingerprint density at radius 3 is 2.48 bits per heavy atom. The van der Waals surface area contributed by atoms with Gasteiger partial charge in [0.2, 0.25) is 10.0 Å². The van der Waals surface area contributed by atoms with E-state index in [1.807, 2.05) is 6.07 Å². The Bertz CT molecular complexity index is 701. The minimum atomic E-state index is -3.49. The van der Waals surface area contributed by atoms with Crippen LogP contribution in [0.15, 0.2) is 41.8 Å². The molecule has 8 nitrogen and oxygen atoms in total. The van der Waals surface area contributed by atoms with Crippen LogP contribution in [0.1, 0.15) is 18.4 Å². The zero-order valence-corrected chi connectivity index (χ0v) is 14.9. The Hall–Kier alpha value is -2.39. The van der Waals surface area contributed by atoms with Crippen molar-refractivity contribution in [2.24, 2.45) is 0 Å². The summed E-state index contributed by atoms with van der Waals surface area (Å²) in [5.74, 6) is -1.22. The number of hydrogen-bond acceptors (Lipinski definition) is 5. The second kappa shape index (κ2) is 9.80. The second-order valence-electron chi connectivity index (χ2n) is 5.37. The van der Waals surface area contributed by atoms with Crippen molar-refractivity contribution in [2.45, 2.75) is 25.5 Å².